The van der Waals surface area contributed by atoms with Crippen LogP contribution < -0.4 is 4.90 Å². The molecule has 0 amide bonds. The van der Waals surface area contributed by atoms with E-state index in [0.717, 1.165) is 11.3 Å². The fourth-order valence-corrected chi connectivity index (χ4v) is 3.56. The van der Waals surface area contributed by atoms with Gasteiger partial charge in [0.25, 0.3) is 0 Å². The second kappa shape index (κ2) is 8.49. The number of rotatable bonds is 5. The van der Waals surface area contributed by atoms with Gasteiger partial charge in [-0.05, 0) is 54.1 Å². The molecule has 1 heterocycles. The van der Waals surface area contributed by atoms with E-state index in [4.69, 9.17) is 23.2 Å². The van der Waals surface area contributed by atoms with Crippen molar-refractivity contribution in [1.82, 2.24) is 14.8 Å². The highest BCUT2D eigenvalue weighted by atomic mass is 35.5. The van der Waals surface area contributed by atoms with Crippen molar-refractivity contribution in [1.29, 1.82) is 0 Å². The first-order valence-corrected chi connectivity index (χ1v) is 10.3. The zero-order valence-electron chi connectivity index (χ0n) is 16.9. The van der Waals surface area contributed by atoms with Crippen molar-refractivity contribution < 1.29 is 10.2 Å². The van der Waals surface area contributed by atoms with E-state index in [1.54, 1.807) is 28.9 Å². The summed E-state index contributed by atoms with van der Waals surface area (Å²) in [6.07, 6.45) is 0. The molecule has 3 aromatic carbocycles. The molecule has 4 rings (SSSR count). The van der Waals surface area contributed by atoms with Gasteiger partial charge in [0.1, 0.15) is 11.5 Å². The van der Waals surface area contributed by atoms with E-state index in [2.05, 4.69) is 10.1 Å². The topological polar surface area (TPSA) is 74.4 Å². The number of hydrogen-bond donors (Lipinski definition) is 2. The second-order valence-corrected chi connectivity index (χ2v) is 8.17. The van der Waals surface area contributed by atoms with Gasteiger partial charge in [-0.2, -0.15) is 0 Å². The number of benzene rings is 3. The van der Waals surface area contributed by atoms with Gasteiger partial charge in [-0.1, -0.05) is 35.3 Å². The summed E-state index contributed by atoms with van der Waals surface area (Å²) in [5, 5.41) is 26.3. The van der Waals surface area contributed by atoms with Gasteiger partial charge < -0.3 is 15.1 Å². The molecule has 0 aliphatic carbocycles. The Morgan fingerprint density at radius 2 is 1.42 bits per heavy atom. The molecule has 0 spiro atoms. The number of aromatic hydroxyl groups is 2. The summed E-state index contributed by atoms with van der Waals surface area (Å²) in [7, 11) is 3.96. The number of aromatic nitrogens is 3. The Kier molecular flexibility index (Phi) is 5.76. The van der Waals surface area contributed by atoms with Crippen LogP contribution in [0.4, 0.5) is 5.69 Å². The van der Waals surface area contributed by atoms with E-state index < -0.39 is 0 Å². The molecular formula is C23H20Cl2N4O2. The lowest BCUT2D eigenvalue weighted by Crippen LogP contribution is -2.09. The third-order valence-corrected chi connectivity index (χ3v) is 5.33. The predicted molar refractivity (Wildman–Crippen MR) is 124 cm³/mol. The van der Waals surface area contributed by atoms with Crippen molar-refractivity contribution in [3.05, 3.63) is 76.3 Å². The molecule has 0 saturated heterocycles. The van der Waals surface area contributed by atoms with Gasteiger partial charge in [0.05, 0.1) is 17.7 Å². The highest BCUT2D eigenvalue weighted by Gasteiger charge is 2.19. The molecule has 8 heteroatoms. The summed E-state index contributed by atoms with van der Waals surface area (Å²) in [6, 6.07) is 17.5. The lowest BCUT2D eigenvalue weighted by molar-refractivity contribution is 0.476. The van der Waals surface area contributed by atoms with Crippen molar-refractivity contribution in [3.8, 4) is 34.3 Å². The highest BCUT2D eigenvalue weighted by Crippen LogP contribution is 2.35. The second-order valence-electron chi connectivity index (χ2n) is 7.30. The largest absolute Gasteiger partial charge is 0.507 e. The van der Waals surface area contributed by atoms with E-state index in [1.165, 1.54) is 12.1 Å². The number of nitrogens with zero attached hydrogens (tertiary/aromatic N) is 4. The first-order chi connectivity index (χ1) is 14.8. The average molecular weight is 455 g/mol. The van der Waals surface area contributed by atoms with E-state index in [-0.39, 0.29) is 11.5 Å². The Bertz CT molecular complexity index is 1240. The molecule has 6 nitrogen and oxygen atoms in total. The molecule has 0 bridgehead atoms. The first-order valence-electron chi connectivity index (χ1n) is 9.50. The quantitative estimate of drug-likeness (QED) is 0.419. The molecular weight excluding hydrogens is 435 g/mol. The maximum atomic E-state index is 10.4. The maximum Gasteiger partial charge on any atom is 0.185 e. The number of phenolic OH excluding ortho intramolecular Hbond substituents is 2. The lowest BCUT2D eigenvalue weighted by atomic mass is 10.1. The van der Waals surface area contributed by atoms with Crippen LogP contribution in [0.1, 0.15) is 5.56 Å². The van der Waals surface area contributed by atoms with Crippen LogP contribution in [0.15, 0.2) is 60.7 Å². The van der Waals surface area contributed by atoms with E-state index >= 15 is 0 Å². The average Bonchev–Trinajstić information content (AvgIpc) is 3.15. The number of anilines is 1. The van der Waals surface area contributed by atoms with Crippen LogP contribution in [0.3, 0.4) is 0 Å². The molecule has 0 saturated carbocycles. The zero-order chi connectivity index (χ0) is 22.1. The molecule has 0 aliphatic rings. The summed E-state index contributed by atoms with van der Waals surface area (Å²) in [5.41, 5.74) is 2.93. The summed E-state index contributed by atoms with van der Waals surface area (Å²) in [4.78, 5) is 6.63. The maximum absolute atomic E-state index is 10.4. The lowest BCUT2D eigenvalue weighted by Gasteiger charge is -2.13. The van der Waals surface area contributed by atoms with Crippen molar-refractivity contribution in [2.45, 2.75) is 6.54 Å². The van der Waals surface area contributed by atoms with Crippen molar-refractivity contribution >= 4 is 28.9 Å². The molecule has 0 atom stereocenters. The van der Waals surface area contributed by atoms with Crippen molar-refractivity contribution in [2.24, 2.45) is 0 Å². The Hall–Kier alpha value is -3.22. The molecule has 0 aliphatic heterocycles. The minimum atomic E-state index is 0.0127. The van der Waals surface area contributed by atoms with E-state index in [0.29, 0.717) is 39.4 Å². The molecule has 4 aromatic rings. The summed E-state index contributed by atoms with van der Waals surface area (Å²) in [5.74, 6) is 0.756. The number of hydrogen-bond acceptors (Lipinski definition) is 5. The van der Waals surface area contributed by atoms with Crippen LogP contribution in [0.25, 0.3) is 22.8 Å². The third-order valence-electron chi connectivity index (χ3n) is 4.86. The standard InChI is InChI=1S/C23H20Cl2N4O2/c1-28(2)17-7-3-14(4-8-17)13-29-23(19-12-16(25)6-10-21(19)31)26-22(27-29)18-11-15(24)5-9-20(18)30/h3-12,30-31H,13H2,1-2H3. The van der Waals surface area contributed by atoms with Crippen LogP contribution in [0.2, 0.25) is 10.0 Å². The Labute approximate surface area is 189 Å². The summed E-state index contributed by atoms with van der Waals surface area (Å²) in [6.45, 7) is 0.406. The fraction of sp³-hybridized carbons (Fsp3) is 0.130. The molecule has 1 aromatic heterocycles. The van der Waals surface area contributed by atoms with Crippen LogP contribution in [0, 0.1) is 0 Å². The van der Waals surface area contributed by atoms with Crippen molar-refractivity contribution in [2.75, 3.05) is 19.0 Å². The molecule has 2 N–H and O–H groups in total. The molecule has 0 radical (unpaired) electrons. The van der Waals surface area contributed by atoms with E-state index in [1.807, 2.05) is 43.3 Å². The van der Waals surface area contributed by atoms with Crippen molar-refractivity contribution in [3.63, 3.8) is 0 Å². The first kappa shape index (κ1) is 21.0. The fourth-order valence-electron chi connectivity index (χ4n) is 3.21. The van der Waals surface area contributed by atoms with Gasteiger partial charge in [-0.25, -0.2) is 9.67 Å². The predicted octanol–water partition coefficient (Wildman–Crippen LogP) is 5.44. The smallest absolute Gasteiger partial charge is 0.185 e. The SMILES string of the molecule is CN(C)c1ccc(Cn2nc(-c3cc(Cl)ccc3O)nc2-c2cc(Cl)ccc2O)cc1. The van der Waals surface area contributed by atoms with Gasteiger partial charge in [0, 0.05) is 29.8 Å². The molecule has 31 heavy (non-hydrogen) atoms. The molecule has 0 unspecified atom stereocenters. The number of halogens is 2. The Morgan fingerprint density at radius 3 is 2.03 bits per heavy atom. The monoisotopic (exact) mass is 454 g/mol. The Balaban J connectivity index is 1.83. The summed E-state index contributed by atoms with van der Waals surface area (Å²) >= 11 is 12.3. The highest BCUT2D eigenvalue weighted by molar-refractivity contribution is 6.31. The van der Waals surface area contributed by atoms with Gasteiger partial charge in [0.2, 0.25) is 0 Å². The zero-order valence-corrected chi connectivity index (χ0v) is 18.4. The normalized spacial score (nSPS) is 11.0. The van der Waals surface area contributed by atoms with Crippen LogP contribution in [-0.4, -0.2) is 39.1 Å². The minimum absolute atomic E-state index is 0.0127. The Morgan fingerprint density at radius 1 is 0.839 bits per heavy atom. The van der Waals surface area contributed by atoms with Crippen LogP contribution in [-0.2, 0) is 6.54 Å². The van der Waals surface area contributed by atoms with Gasteiger partial charge in [-0.3, -0.25) is 0 Å². The van der Waals surface area contributed by atoms with Crippen LogP contribution >= 0.6 is 23.2 Å². The van der Waals surface area contributed by atoms with Gasteiger partial charge in [0.15, 0.2) is 11.6 Å². The van der Waals surface area contributed by atoms with Gasteiger partial charge >= 0.3 is 0 Å². The molecule has 0 fully saturated rings. The van der Waals surface area contributed by atoms with Gasteiger partial charge in [-0.15, -0.1) is 5.10 Å². The third kappa shape index (κ3) is 4.45. The van der Waals surface area contributed by atoms with E-state index in [9.17, 15) is 10.2 Å². The number of phenols is 2. The van der Waals surface area contributed by atoms with Crippen LogP contribution in [0.5, 0.6) is 11.5 Å². The summed E-state index contributed by atoms with van der Waals surface area (Å²) < 4.78 is 1.67. The molecule has 158 valence electrons. The minimum Gasteiger partial charge on any atom is -0.507 e.